The fraction of sp³-hybridized carbons (Fsp3) is 0.381. The third-order valence-electron chi connectivity index (χ3n) is 4.12. The molecule has 0 aliphatic carbocycles. The van der Waals surface area contributed by atoms with E-state index in [1.54, 1.807) is 13.1 Å². The summed E-state index contributed by atoms with van der Waals surface area (Å²) >= 11 is 5.99. The smallest absolute Gasteiger partial charge is 0.387 e. The summed E-state index contributed by atoms with van der Waals surface area (Å²) in [6.07, 6.45) is 0. The second kappa shape index (κ2) is 12.2. The first kappa shape index (κ1) is 23.7. The Hall–Kier alpha value is -2.58. The van der Waals surface area contributed by atoms with Gasteiger partial charge in [0.05, 0.1) is 0 Å². The molecule has 0 aromatic heterocycles. The van der Waals surface area contributed by atoms with E-state index in [4.69, 9.17) is 16.3 Å². The van der Waals surface area contributed by atoms with Gasteiger partial charge in [-0.1, -0.05) is 29.8 Å². The molecule has 0 spiro atoms. The van der Waals surface area contributed by atoms with Crippen molar-refractivity contribution in [1.82, 2.24) is 15.5 Å². The molecule has 2 aromatic rings. The number of halogens is 3. The van der Waals surface area contributed by atoms with Crippen molar-refractivity contribution in [3.63, 3.8) is 0 Å². The summed E-state index contributed by atoms with van der Waals surface area (Å²) in [6, 6.07) is 12.2. The van der Waals surface area contributed by atoms with Crippen LogP contribution in [0.15, 0.2) is 47.5 Å². The van der Waals surface area contributed by atoms with E-state index in [1.807, 2.05) is 38.4 Å². The number of para-hydroxylation sites is 1. The van der Waals surface area contributed by atoms with Gasteiger partial charge in [-0.3, -0.25) is 4.99 Å². The highest BCUT2D eigenvalue weighted by Crippen LogP contribution is 2.24. The average molecular weight is 441 g/mol. The third kappa shape index (κ3) is 8.04. The number of nitrogens with zero attached hydrogens (tertiary/aromatic N) is 2. The molecule has 0 aliphatic heterocycles. The summed E-state index contributed by atoms with van der Waals surface area (Å²) in [5, 5.41) is 6.71. The van der Waals surface area contributed by atoms with E-state index in [1.165, 1.54) is 12.1 Å². The molecule has 0 atom stereocenters. The summed E-state index contributed by atoms with van der Waals surface area (Å²) in [7, 11) is 5.61. The number of hydrogen-bond donors (Lipinski definition) is 2. The van der Waals surface area contributed by atoms with Crippen LogP contribution in [0.1, 0.15) is 11.1 Å². The monoisotopic (exact) mass is 440 g/mol. The predicted octanol–water partition coefficient (Wildman–Crippen LogP) is 3.75. The van der Waals surface area contributed by atoms with E-state index in [0.29, 0.717) is 29.7 Å². The molecule has 9 heteroatoms. The first-order valence-corrected chi connectivity index (χ1v) is 9.80. The SMILES string of the molecule is CN=C(NCc1ccccc1OCCN(C)C)NCc1cc(Cl)ccc1OC(F)F. The normalized spacial score (nSPS) is 11.7. The molecule has 0 fully saturated rings. The van der Waals surface area contributed by atoms with Crippen LogP contribution in [0.2, 0.25) is 5.02 Å². The molecule has 164 valence electrons. The van der Waals surface area contributed by atoms with Crippen molar-refractivity contribution in [3.8, 4) is 11.5 Å². The molecule has 30 heavy (non-hydrogen) atoms. The highest BCUT2D eigenvalue weighted by molar-refractivity contribution is 6.30. The molecule has 0 aliphatic rings. The second-order valence-corrected chi connectivity index (χ2v) is 7.11. The lowest BCUT2D eigenvalue weighted by atomic mass is 10.2. The second-order valence-electron chi connectivity index (χ2n) is 6.67. The average Bonchev–Trinajstić information content (AvgIpc) is 2.70. The lowest BCUT2D eigenvalue weighted by Gasteiger charge is -2.17. The van der Waals surface area contributed by atoms with Gasteiger partial charge in [0.1, 0.15) is 18.1 Å². The van der Waals surface area contributed by atoms with Crippen LogP contribution in [-0.4, -0.2) is 51.8 Å². The number of guanidine groups is 1. The molecular weight excluding hydrogens is 414 g/mol. The molecule has 0 heterocycles. The van der Waals surface area contributed by atoms with Gasteiger partial charge in [0.15, 0.2) is 5.96 Å². The Kier molecular flexibility index (Phi) is 9.63. The van der Waals surface area contributed by atoms with Gasteiger partial charge in [0, 0.05) is 42.8 Å². The molecule has 2 rings (SSSR count). The van der Waals surface area contributed by atoms with Crippen LogP contribution in [0.4, 0.5) is 8.78 Å². The number of likely N-dealkylation sites (N-methyl/N-ethyl adjacent to an activating group) is 1. The minimum atomic E-state index is -2.91. The van der Waals surface area contributed by atoms with Crippen molar-refractivity contribution in [2.75, 3.05) is 34.3 Å². The van der Waals surface area contributed by atoms with Crippen LogP contribution >= 0.6 is 11.6 Å². The maximum Gasteiger partial charge on any atom is 0.387 e. The lowest BCUT2D eigenvalue weighted by Crippen LogP contribution is -2.36. The van der Waals surface area contributed by atoms with Gasteiger partial charge >= 0.3 is 6.61 Å². The summed E-state index contributed by atoms with van der Waals surface area (Å²) < 4.78 is 35.7. The number of benzene rings is 2. The van der Waals surface area contributed by atoms with Gasteiger partial charge in [0.25, 0.3) is 0 Å². The van der Waals surface area contributed by atoms with E-state index in [-0.39, 0.29) is 12.3 Å². The summed E-state index contributed by atoms with van der Waals surface area (Å²) in [6.45, 7) is -0.824. The zero-order chi connectivity index (χ0) is 21.9. The van der Waals surface area contributed by atoms with Gasteiger partial charge in [-0.25, -0.2) is 0 Å². The fourth-order valence-corrected chi connectivity index (χ4v) is 2.80. The molecule has 0 amide bonds. The highest BCUT2D eigenvalue weighted by atomic mass is 35.5. The van der Waals surface area contributed by atoms with E-state index in [0.717, 1.165) is 17.9 Å². The van der Waals surface area contributed by atoms with Crippen molar-refractivity contribution in [2.24, 2.45) is 4.99 Å². The lowest BCUT2D eigenvalue weighted by molar-refractivity contribution is -0.0504. The molecule has 0 saturated carbocycles. The number of nitrogens with one attached hydrogen (secondary N) is 2. The maximum absolute atomic E-state index is 12.6. The van der Waals surface area contributed by atoms with Gasteiger partial charge in [0.2, 0.25) is 0 Å². The maximum atomic E-state index is 12.6. The third-order valence-corrected chi connectivity index (χ3v) is 4.36. The minimum absolute atomic E-state index is 0.0667. The van der Waals surface area contributed by atoms with Crippen molar-refractivity contribution in [2.45, 2.75) is 19.7 Å². The molecule has 0 unspecified atom stereocenters. The number of hydrogen-bond acceptors (Lipinski definition) is 4. The van der Waals surface area contributed by atoms with E-state index < -0.39 is 6.61 Å². The van der Waals surface area contributed by atoms with Crippen LogP contribution in [0.25, 0.3) is 0 Å². The molecule has 0 saturated heterocycles. The molecule has 2 N–H and O–H groups in total. The first-order chi connectivity index (χ1) is 14.4. The van der Waals surface area contributed by atoms with E-state index >= 15 is 0 Å². The summed E-state index contributed by atoms with van der Waals surface area (Å²) in [4.78, 5) is 6.22. The van der Waals surface area contributed by atoms with Crippen LogP contribution in [0, 0.1) is 0 Å². The Morgan fingerprint density at radius 2 is 1.77 bits per heavy atom. The van der Waals surface area contributed by atoms with Crippen LogP contribution < -0.4 is 20.1 Å². The Bertz CT molecular complexity index is 834. The van der Waals surface area contributed by atoms with Gasteiger partial charge < -0.3 is 25.0 Å². The quantitative estimate of drug-likeness (QED) is 0.435. The largest absolute Gasteiger partial charge is 0.492 e. The summed E-state index contributed by atoms with van der Waals surface area (Å²) in [5.41, 5.74) is 1.47. The first-order valence-electron chi connectivity index (χ1n) is 9.42. The minimum Gasteiger partial charge on any atom is -0.492 e. The Labute approximate surface area is 180 Å². The van der Waals surface area contributed by atoms with Crippen molar-refractivity contribution in [3.05, 3.63) is 58.6 Å². The number of aliphatic imine (C=N–C) groups is 1. The van der Waals surface area contributed by atoms with Crippen molar-refractivity contribution < 1.29 is 18.3 Å². The standard InChI is InChI=1S/C21H27ClF2N4O2/c1-25-21(27-14-16-12-17(22)8-9-19(16)30-20(23)24)26-13-15-6-4-5-7-18(15)29-11-10-28(2)3/h4-9,12,20H,10-11,13-14H2,1-3H3,(H2,25,26,27). The molecular formula is C21H27ClF2N4O2. The zero-order valence-electron chi connectivity index (χ0n) is 17.3. The van der Waals surface area contributed by atoms with E-state index in [9.17, 15) is 8.78 Å². The van der Waals surface area contributed by atoms with Gasteiger partial charge in [-0.2, -0.15) is 8.78 Å². The van der Waals surface area contributed by atoms with Crippen LogP contribution in [-0.2, 0) is 13.1 Å². The molecule has 0 bridgehead atoms. The number of ether oxygens (including phenoxy) is 2. The highest BCUT2D eigenvalue weighted by Gasteiger charge is 2.11. The van der Waals surface area contributed by atoms with Gasteiger partial charge in [-0.15, -0.1) is 0 Å². The topological polar surface area (TPSA) is 58.1 Å². The van der Waals surface area contributed by atoms with Crippen LogP contribution in [0.5, 0.6) is 11.5 Å². The molecule has 2 aromatic carbocycles. The zero-order valence-corrected chi connectivity index (χ0v) is 18.0. The Morgan fingerprint density at radius 3 is 2.43 bits per heavy atom. The van der Waals surface area contributed by atoms with Crippen LogP contribution in [0.3, 0.4) is 0 Å². The number of alkyl halides is 2. The van der Waals surface area contributed by atoms with Gasteiger partial charge in [-0.05, 0) is 38.4 Å². The Balaban J connectivity index is 1.96. The molecule has 6 nitrogen and oxygen atoms in total. The molecule has 0 radical (unpaired) electrons. The summed E-state index contributed by atoms with van der Waals surface area (Å²) in [5.74, 6) is 1.36. The van der Waals surface area contributed by atoms with Crippen molar-refractivity contribution >= 4 is 17.6 Å². The number of rotatable bonds is 10. The Morgan fingerprint density at radius 1 is 1.07 bits per heavy atom. The van der Waals surface area contributed by atoms with Crippen molar-refractivity contribution in [1.29, 1.82) is 0 Å². The predicted molar refractivity (Wildman–Crippen MR) is 116 cm³/mol. The van der Waals surface area contributed by atoms with E-state index in [2.05, 4.69) is 25.3 Å². The fourth-order valence-electron chi connectivity index (χ4n) is 2.60.